The molecule has 0 aromatic heterocycles. The highest BCUT2D eigenvalue weighted by Gasteiger charge is 2.31. The van der Waals surface area contributed by atoms with Crippen LogP contribution < -0.4 is 0 Å². The predicted molar refractivity (Wildman–Crippen MR) is 57.4 cm³/mol. The van der Waals surface area contributed by atoms with Crippen molar-refractivity contribution in [1.82, 2.24) is 0 Å². The summed E-state index contributed by atoms with van der Waals surface area (Å²) < 4.78 is 4.58. The minimum atomic E-state index is -0.336. The van der Waals surface area contributed by atoms with Gasteiger partial charge in [-0.1, -0.05) is 19.4 Å². The topological polar surface area (TPSA) is 43.4 Å². The lowest BCUT2D eigenvalue weighted by molar-refractivity contribution is -0.140. The van der Waals surface area contributed by atoms with Crippen LogP contribution in [0.25, 0.3) is 0 Å². The summed E-state index contributed by atoms with van der Waals surface area (Å²) in [7, 11) is 1.34. The fourth-order valence-electron chi connectivity index (χ4n) is 2.13. The second-order valence-corrected chi connectivity index (χ2v) is 4.95. The Morgan fingerprint density at radius 3 is 2.47 bits per heavy atom. The van der Waals surface area contributed by atoms with E-state index in [9.17, 15) is 9.59 Å². The van der Waals surface area contributed by atoms with Gasteiger partial charge in [-0.3, -0.25) is 9.59 Å². The number of rotatable bonds is 2. The molecular formula is C12H18O3. The van der Waals surface area contributed by atoms with Gasteiger partial charge >= 0.3 is 5.97 Å². The monoisotopic (exact) mass is 210 g/mol. The number of ether oxygens (including phenoxy) is 1. The van der Waals surface area contributed by atoms with Crippen molar-refractivity contribution >= 4 is 11.8 Å². The molecule has 0 saturated heterocycles. The highest BCUT2D eigenvalue weighted by molar-refractivity contribution is 6.01. The molecule has 3 heteroatoms. The first-order chi connectivity index (χ1) is 6.85. The molecule has 0 N–H and O–H groups in total. The van der Waals surface area contributed by atoms with E-state index in [1.165, 1.54) is 7.11 Å². The van der Waals surface area contributed by atoms with Crippen LogP contribution in [0.5, 0.6) is 0 Å². The van der Waals surface area contributed by atoms with E-state index in [0.717, 1.165) is 12.0 Å². The number of hydrogen-bond donors (Lipinski definition) is 0. The van der Waals surface area contributed by atoms with Gasteiger partial charge in [-0.15, -0.1) is 0 Å². The summed E-state index contributed by atoms with van der Waals surface area (Å²) in [5, 5.41) is 0. The molecule has 0 aromatic rings. The molecule has 3 nitrogen and oxygen atoms in total. The summed E-state index contributed by atoms with van der Waals surface area (Å²) in [6, 6.07) is 0. The average Bonchev–Trinajstić information content (AvgIpc) is 2.09. The van der Waals surface area contributed by atoms with E-state index in [1.54, 1.807) is 0 Å². The Labute approximate surface area is 90.5 Å². The molecule has 1 rings (SSSR count). The van der Waals surface area contributed by atoms with Gasteiger partial charge in [0.25, 0.3) is 0 Å². The van der Waals surface area contributed by atoms with Crippen molar-refractivity contribution in [1.29, 1.82) is 0 Å². The van der Waals surface area contributed by atoms with Crippen molar-refractivity contribution < 1.29 is 14.3 Å². The zero-order chi connectivity index (χ0) is 11.6. The Morgan fingerprint density at radius 2 is 2.00 bits per heavy atom. The number of carbonyl (C=O) groups excluding carboxylic acids is 2. The largest absolute Gasteiger partial charge is 0.469 e. The highest BCUT2D eigenvalue weighted by Crippen LogP contribution is 2.37. The van der Waals surface area contributed by atoms with E-state index in [2.05, 4.69) is 18.6 Å². The van der Waals surface area contributed by atoms with Crippen LogP contribution in [0, 0.1) is 5.41 Å². The summed E-state index contributed by atoms with van der Waals surface area (Å²) in [6.07, 6.45) is 1.53. The van der Waals surface area contributed by atoms with Crippen LogP contribution in [0.15, 0.2) is 11.1 Å². The maximum absolute atomic E-state index is 11.8. The van der Waals surface area contributed by atoms with Crippen molar-refractivity contribution in [2.75, 3.05) is 7.11 Å². The summed E-state index contributed by atoms with van der Waals surface area (Å²) in [5.41, 5.74) is 1.71. The SMILES string of the molecule is COC(=O)CC1=C(C)CC(C)(C)CC1=O. The van der Waals surface area contributed by atoms with Gasteiger partial charge in [0.2, 0.25) is 0 Å². The molecule has 0 unspecified atom stereocenters. The average molecular weight is 210 g/mol. The minimum Gasteiger partial charge on any atom is -0.469 e. The maximum atomic E-state index is 11.8. The van der Waals surface area contributed by atoms with Crippen molar-refractivity contribution in [3.63, 3.8) is 0 Å². The van der Waals surface area contributed by atoms with E-state index < -0.39 is 0 Å². The second kappa shape index (κ2) is 4.17. The Morgan fingerprint density at radius 1 is 1.40 bits per heavy atom. The smallest absolute Gasteiger partial charge is 0.310 e. The molecule has 0 amide bonds. The third kappa shape index (κ3) is 2.91. The lowest BCUT2D eigenvalue weighted by atomic mass is 9.73. The number of esters is 1. The Balaban J connectivity index is 2.87. The minimum absolute atomic E-state index is 0.0286. The lowest BCUT2D eigenvalue weighted by Crippen LogP contribution is -2.26. The highest BCUT2D eigenvalue weighted by atomic mass is 16.5. The fraction of sp³-hybridized carbons (Fsp3) is 0.667. The third-order valence-electron chi connectivity index (χ3n) is 2.78. The van der Waals surface area contributed by atoms with Gasteiger partial charge in [0, 0.05) is 12.0 Å². The van der Waals surface area contributed by atoms with Gasteiger partial charge in [0.05, 0.1) is 13.5 Å². The number of hydrogen-bond acceptors (Lipinski definition) is 3. The van der Waals surface area contributed by atoms with E-state index in [-0.39, 0.29) is 23.6 Å². The van der Waals surface area contributed by atoms with E-state index in [4.69, 9.17) is 0 Å². The van der Waals surface area contributed by atoms with Crippen molar-refractivity contribution in [3.05, 3.63) is 11.1 Å². The van der Waals surface area contributed by atoms with Gasteiger partial charge < -0.3 is 4.74 Å². The first-order valence-corrected chi connectivity index (χ1v) is 5.14. The van der Waals surface area contributed by atoms with Crippen LogP contribution in [0.4, 0.5) is 0 Å². The van der Waals surface area contributed by atoms with Crippen molar-refractivity contribution in [3.8, 4) is 0 Å². The second-order valence-electron chi connectivity index (χ2n) is 4.95. The maximum Gasteiger partial charge on any atom is 0.310 e. The van der Waals surface area contributed by atoms with Crippen LogP contribution in [-0.2, 0) is 14.3 Å². The van der Waals surface area contributed by atoms with Gasteiger partial charge in [0.1, 0.15) is 0 Å². The first-order valence-electron chi connectivity index (χ1n) is 5.14. The third-order valence-corrected chi connectivity index (χ3v) is 2.78. The molecule has 0 bridgehead atoms. The van der Waals surface area contributed by atoms with Crippen LogP contribution in [-0.4, -0.2) is 18.9 Å². The Bertz CT molecular complexity index is 324. The molecule has 84 valence electrons. The Hall–Kier alpha value is -1.12. The van der Waals surface area contributed by atoms with Crippen LogP contribution in [0.1, 0.15) is 40.0 Å². The molecule has 15 heavy (non-hydrogen) atoms. The van der Waals surface area contributed by atoms with E-state index in [1.807, 2.05) is 6.92 Å². The zero-order valence-electron chi connectivity index (χ0n) is 9.85. The molecule has 1 aliphatic carbocycles. The molecule has 0 heterocycles. The number of Topliss-reactive ketones (excluding diaryl/α,β-unsaturated/α-hetero) is 1. The molecule has 0 aliphatic heterocycles. The van der Waals surface area contributed by atoms with Gasteiger partial charge in [-0.2, -0.15) is 0 Å². The molecule has 0 radical (unpaired) electrons. The molecule has 0 aromatic carbocycles. The molecule has 0 atom stereocenters. The summed E-state index contributed by atoms with van der Waals surface area (Å²) in [4.78, 5) is 22.9. The molecule has 0 saturated carbocycles. The zero-order valence-corrected chi connectivity index (χ0v) is 9.85. The van der Waals surface area contributed by atoms with Crippen LogP contribution >= 0.6 is 0 Å². The van der Waals surface area contributed by atoms with Gasteiger partial charge in [0.15, 0.2) is 5.78 Å². The fourth-order valence-corrected chi connectivity index (χ4v) is 2.13. The predicted octanol–water partition coefficient (Wildman–Crippen LogP) is 2.26. The molecule has 0 fully saturated rings. The number of methoxy groups -OCH3 is 1. The summed E-state index contributed by atoms with van der Waals surface area (Å²) in [5.74, 6) is -0.244. The lowest BCUT2D eigenvalue weighted by Gasteiger charge is -2.30. The van der Waals surface area contributed by atoms with E-state index >= 15 is 0 Å². The number of allylic oxidation sites excluding steroid dienone is 1. The Kier molecular flexibility index (Phi) is 3.32. The first kappa shape index (κ1) is 12.0. The normalized spacial score (nSPS) is 20.4. The summed E-state index contributed by atoms with van der Waals surface area (Å²) >= 11 is 0. The van der Waals surface area contributed by atoms with Gasteiger partial charge in [-0.25, -0.2) is 0 Å². The quantitative estimate of drug-likeness (QED) is 0.656. The number of ketones is 1. The summed E-state index contributed by atoms with van der Waals surface area (Å²) in [6.45, 7) is 6.07. The molecule has 0 spiro atoms. The van der Waals surface area contributed by atoms with Crippen LogP contribution in [0.3, 0.4) is 0 Å². The van der Waals surface area contributed by atoms with Crippen LogP contribution in [0.2, 0.25) is 0 Å². The standard InChI is InChI=1S/C12H18O3/c1-8-6-12(2,3)7-10(13)9(8)5-11(14)15-4/h5-7H2,1-4H3. The van der Waals surface area contributed by atoms with Crippen molar-refractivity contribution in [2.45, 2.75) is 40.0 Å². The van der Waals surface area contributed by atoms with E-state index in [0.29, 0.717) is 12.0 Å². The molecule has 1 aliphatic rings. The van der Waals surface area contributed by atoms with Gasteiger partial charge in [-0.05, 0) is 18.8 Å². The molecular weight excluding hydrogens is 192 g/mol. The number of carbonyl (C=O) groups is 2. The van der Waals surface area contributed by atoms with Crippen molar-refractivity contribution in [2.24, 2.45) is 5.41 Å².